The molecule has 0 amide bonds. The first-order valence-corrected chi connectivity index (χ1v) is 18.7. The number of nitrogens with zero attached hydrogens (tertiary/aromatic N) is 1. The Morgan fingerprint density at radius 2 is 0.891 bits per heavy atom. The van der Waals surface area contributed by atoms with Gasteiger partial charge in [0.05, 0.1) is 11.1 Å². The van der Waals surface area contributed by atoms with E-state index in [1.54, 1.807) is 0 Å². The molecule has 55 heavy (non-hydrogen) atoms. The van der Waals surface area contributed by atoms with Crippen LogP contribution in [0.2, 0.25) is 0 Å². The summed E-state index contributed by atoms with van der Waals surface area (Å²) < 4.78 is 13.4. The molecule has 0 spiro atoms. The zero-order chi connectivity index (χ0) is 36.3. The summed E-state index contributed by atoms with van der Waals surface area (Å²) in [4.78, 5) is 2.36. The van der Waals surface area contributed by atoms with Gasteiger partial charge in [-0.3, -0.25) is 0 Å². The highest BCUT2D eigenvalue weighted by Crippen LogP contribution is 2.48. The van der Waals surface area contributed by atoms with Crippen LogP contribution in [0, 0.1) is 0 Å². The second kappa shape index (κ2) is 12.6. The Kier molecular flexibility index (Phi) is 7.17. The van der Waals surface area contributed by atoms with E-state index in [2.05, 4.69) is 193 Å². The lowest BCUT2D eigenvalue weighted by Crippen LogP contribution is -2.10. The van der Waals surface area contributed by atoms with Crippen molar-refractivity contribution in [3.8, 4) is 33.4 Å². The van der Waals surface area contributed by atoms with Crippen LogP contribution >= 0.6 is 0 Å². The Morgan fingerprint density at radius 1 is 0.309 bits per heavy atom. The maximum absolute atomic E-state index is 7.00. The number of fused-ring (bicyclic) bond motifs is 8. The molecule has 0 unspecified atom stereocenters. The molecule has 11 aromatic rings. The van der Waals surface area contributed by atoms with Crippen molar-refractivity contribution in [3.05, 3.63) is 200 Å². The maximum Gasteiger partial charge on any atom is 0.145 e. The van der Waals surface area contributed by atoms with Crippen molar-refractivity contribution in [1.82, 2.24) is 0 Å². The minimum Gasteiger partial charge on any atom is -0.455 e. The Hall–Kier alpha value is -7.36. The van der Waals surface area contributed by atoms with Gasteiger partial charge in [-0.25, -0.2) is 0 Å². The van der Waals surface area contributed by atoms with Crippen molar-refractivity contribution in [2.45, 2.75) is 0 Å². The molecule has 3 heteroatoms. The van der Waals surface area contributed by atoms with Gasteiger partial charge in [0.2, 0.25) is 0 Å². The third-order valence-corrected chi connectivity index (χ3v) is 10.9. The predicted octanol–water partition coefficient (Wildman–Crippen LogP) is 15.1. The fourth-order valence-electron chi connectivity index (χ4n) is 8.25. The highest BCUT2D eigenvalue weighted by molar-refractivity contribution is 6.22. The third-order valence-electron chi connectivity index (χ3n) is 10.9. The molecule has 0 fully saturated rings. The molecule has 11 rings (SSSR count). The second-order valence-electron chi connectivity index (χ2n) is 14.0. The molecule has 0 aliphatic carbocycles. The van der Waals surface area contributed by atoms with Crippen LogP contribution in [-0.4, -0.2) is 0 Å². The quantitative estimate of drug-likeness (QED) is 0.173. The molecule has 0 atom stereocenters. The molecule has 0 saturated carbocycles. The first kappa shape index (κ1) is 31.2. The van der Waals surface area contributed by atoms with Crippen molar-refractivity contribution >= 4 is 71.7 Å². The largest absolute Gasteiger partial charge is 0.455 e. The lowest BCUT2D eigenvalue weighted by molar-refractivity contribution is 0.670. The zero-order valence-electron chi connectivity index (χ0n) is 29.8. The van der Waals surface area contributed by atoms with Gasteiger partial charge in [0.15, 0.2) is 0 Å². The molecule has 0 N–H and O–H groups in total. The molecule has 3 nitrogen and oxygen atoms in total. The van der Waals surface area contributed by atoms with Crippen molar-refractivity contribution < 1.29 is 8.83 Å². The summed E-state index contributed by atoms with van der Waals surface area (Å²) in [6, 6.07) is 70.8. The monoisotopic (exact) mass is 703 g/mol. The van der Waals surface area contributed by atoms with Gasteiger partial charge >= 0.3 is 0 Å². The number of hydrogen-bond acceptors (Lipinski definition) is 3. The summed E-state index contributed by atoms with van der Waals surface area (Å²) in [7, 11) is 0. The highest BCUT2D eigenvalue weighted by atomic mass is 16.3. The molecule has 0 radical (unpaired) electrons. The fraction of sp³-hybridized carbons (Fsp3) is 0. The van der Waals surface area contributed by atoms with Crippen LogP contribution in [0.5, 0.6) is 0 Å². The minimum atomic E-state index is 0.870. The first-order valence-electron chi connectivity index (χ1n) is 18.7. The van der Waals surface area contributed by atoms with Crippen LogP contribution in [-0.2, 0) is 0 Å². The van der Waals surface area contributed by atoms with E-state index in [-0.39, 0.29) is 0 Å². The Morgan fingerprint density at radius 3 is 1.65 bits per heavy atom. The molecule has 0 aliphatic rings. The van der Waals surface area contributed by atoms with Crippen LogP contribution < -0.4 is 4.90 Å². The fourth-order valence-corrected chi connectivity index (χ4v) is 8.25. The predicted molar refractivity (Wildman–Crippen MR) is 229 cm³/mol. The molecule has 0 aliphatic heterocycles. The van der Waals surface area contributed by atoms with Crippen LogP contribution in [0.15, 0.2) is 209 Å². The number of anilines is 3. The molecule has 2 aromatic heterocycles. The Labute approximate surface area is 317 Å². The highest BCUT2D eigenvalue weighted by Gasteiger charge is 2.23. The third kappa shape index (κ3) is 5.13. The van der Waals surface area contributed by atoms with Crippen molar-refractivity contribution in [3.63, 3.8) is 0 Å². The molecular weight excluding hydrogens is 671 g/mol. The Balaban J connectivity index is 1.13. The van der Waals surface area contributed by atoms with Gasteiger partial charge in [-0.15, -0.1) is 0 Å². The van der Waals surface area contributed by atoms with E-state index in [1.165, 1.54) is 11.1 Å². The van der Waals surface area contributed by atoms with Crippen LogP contribution in [0.4, 0.5) is 17.1 Å². The van der Waals surface area contributed by atoms with Gasteiger partial charge in [-0.2, -0.15) is 0 Å². The number of hydrogen-bond donors (Lipinski definition) is 0. The van der Waals surface area contributed by atoms with Gasteiger partial charge in [-0.1, -0.05) is 152 Å². The smallest absolute Gasteiger partial charge is 0.145 e. The van der Waals surface area contributed by atoms with Crippen molar-refractivity contribution in [2.75, 3.05) is 4.90 Å². The minimum absolute atomic E-state index is 0.870. The van der Waals surface area contributed by atoms with E-state index in [0.29, 0.717) is 0 Å². The number of rotatable bonds is 6. The summed E-state index contributed by atoms with van der Waals surface area (Å²) in [6.07, 6.45) is 0. The van der Waals surface area contributed by atoms with E-state index in [4.69, 9.17) is 8.83 Å². The van der Waals surface area contributed by atoms with Crippen molar-refractivity contribution in [2.24, 2.45) is 0 Å². The number of furan rings is 2. The molecule has 0 saturated heterocycles. The molecule has 9 aromatic carbocycles. The number of benzene rings is 9. The molecular formula is C52H33NO2. The lowest BCUT2D eigenvalue weighted by atomic mass is 9.98. The van der Waals surface area contributed by atoms with E-state index < -0.39 is 0 Å². The molecule has 258 valence electrons. The second-order valence-corrected chi connectivity index (χ2v) is 14.0. The lowest BCUT2D eigenvalue weighted by Gasteiger charge is -2.27. The van der Waals surface area contributed by atoms with Gasteiger partial charge < -0.3 is 13.7 Å². The SMILES string of the molecule is c1ccc(-c2ccc(N(c3ccc(-c4cccc5c4oc4ccccc45)cc3)c3ccc(-c4ccccc4)c4oc5c6ccccc6ccc5c34)cc2)cc1. The first-order chi connectivity index (χ1) is 27.3. The standard InChI is InChI=1S/C52H33NO2/c1-3-12-34(13-4-1)35-22-27-39(28-23-35)53(40-29-24-38(25-30-40)42-19-11-20-45-44-18-9-10-21-48(44)54-50(42)45)47-33-32-43(36-14-5-2-6-15-36)52-49(47)46-31-26-37-16-7-8-17-41(37)51(46)55-52/h1-33H. The average Bonchev–Trinajstić information content (AvgIpc) is 3.85. The van der Waals surface area contributed by atoms with Gasteiger partial charge in [-0.05, 0) is 76.2 Å². The average molecular weight is 704 g/mol. The topological polar surface area (TPSA) is 29.5 Å². The summed E-state index contributed by atoms with van der Waals surface area (Å²) in [5.74, 6) is 0. The zero-order valence-corrected chi connectivity index (χ0v) is 29.8. The summed E-state index contributed by atoms with van der Waals surface area (Å²) in [5, 5.41) is 6.66. The summed E-state index contributed by atoms with van der Waals surface area (Å²) in [6.45, 7) is 0. The molecule has 2 heterocycles. The van der Waals surface area contributed by atoms with Crippen LogP contribution in [0.1, 0.15) is 0 Å². The van der Waals surface area contributed by atoms with E-state index in [9.17, 15) is 0 Å². The molecule has 0 bridgehead atoms. The number of para-hydroxylation sites is 2. The van der Waals surface area contributed by atoms with Crippen LogP contribution in [0.3, 0.4) is 0 Å². The Bertz CT molecular complexity index is 3180. The normalized spacial score (nSPS) is 11.6. The summed E-state index contributed by atoms with van der Waals surface area (Å²) >= 11 is 0. The van der Waals surface area contributed by atoms with E-state index in [1.807, 2.05) is 12.1 Å². The maximum atomic E-state index is 7.00. The van der Waals surface area contributed by atoms with E-state index >= 15 is 0 Å². The van der Waals surface area contributed by atoms with Gasteiger partial charge in [0.1, 0.15) is 22.3 Å². The van der Waals surface area contributed by atoms with E-state index in [0.717, 1.165) is 94.0 Å². The van der Waals surface area contributed by atoms with Crippen molar-refractivity contribution in [1.29, 1.82) is 0 Å². The summed E-state index contributed by atoms with van der Waals surface area (Å²) in [5.41, 5.74) is 13.4. The van der Waals surface area contributed by atoms with Gasteiger partial charge in [0.25, 0.3) is 0 Å². The van der Waals surface area contributed by atoms with Crippen LogP contribution in [0.25, 0.3) is 88.0 Å². The van der Waals surface area contributed by atoms with Gasteiger partial charge in [0, 0.05) is 44.0 Å².